The summed E-state index contributed by atoms with van der Waals surface area (Å²) in [5.41, 5.74) is 0.473. The van der Waals surface area contributed by atoms with Crippen LogP contribution in [-0.4, -0.2) is 31.3 Å². The SMILES string of the molecule is C=C(C)CS(=O)(=O)NC(CC(C)C)C(=O)O. The summed E-state index contributed by atoms with van der Waals surface area (Å²) >= 11 is 0. The van der Waals surface area contributed by atoms with Crippen LogP contribution in [-0.2, 0) is 14.8 Å². The molecule has 0 fully saturated rings. The number of hydrogen-bond donors (Lipinski definition) is 2. The molecule has 2 N–H and O–H groups in total. The van der Waals surface area contributed by atoms with E-state index in [4.69, 9.17) is 5.11 Å². The standard InChI is InChI=1S/C10H19NO4S/c1-7(2)5-9(10(12)13)11-16(14,15)6-8(3)4/h7,9,11H,3,5-6H2,1-2,4H3,(H,12,13). The van der Waals surface area contributed by atoms with Gasteiger partial charge in [0.15, 0.2) is 0 Å². The first kappa shape index (κ1) is 15.1. The van der Waals surface area contributed by atoms with E-state index in [2.05, 4.69) is 11.3 Å². The van der Waals surface area contributed by atoms with E-state index in [1.54, 1.807) is 6.92 Å². The highest BCUT2D eigenvalue weighted by Gasteiger charge is 2.24. The summed E-state index contributed by atoms with van der Waals surface area (Å²) in [5, 5.41) is 8.87. The molecule has 0 bridgehead atoms. The molecule has 0 aromatic heterocycles. The largest absolute Gasteiger partial charge is 0.480 e. The first-order valence-electron chi connectivity index (χ1n) is 5.01. The van der Waals surface area contributed by atoms with Crippen LogP contribution in [0.1, 0.15) is 27.2 Å². The smallest absolute Gasteiger partial charge is 0.321 e. The monoisotopic (exact) mass is 249 g/mol. The summed E-state index contributed by atoms with van der Waals surface area (Å²) < 4.78 is 25.2. The molecule has 0 radical (unpaired) electrons. The maximum atomic E-state index is 11.5. The molecule has 0 aliphatic heterocycles. The number of nitrogens with one attached hydrogen (secondary N) is 1. The molecule has 6 heteroatoms. The van der Waals surface area contributed by atoms with Gasteiger partial charge in [0.1, 0.15) is 6.04 Å². The second-order valence-corrected chi connectivity index (χ2v) is 6.11. The van der Waals surface area contributed by atoms with E-state index in [0.29, 0.717) is 5.57 Å². The number of carboxylic acid groups (broad SMARTS) is 1. The molecule has 0 heterocycles. The van der Waals surface area contributed by atoms with Gasteiger partial charge in [-0.2, -0.15) is 0 Å². The van der Waals surface area contributed by atoms with Crippen LogP contribution >= 0.6 is 0 Å². The number of aliphatic carboxylic acids is 1. The Hall–Kier alpha value is -0.880. The molecule has 1 unspecified atom stereocenters. The Morgan fingerprint density at radius 2 is 1.94 bits per heavy atom. The van der Waals surface area contributed by atoms with Gasteiger partial charge in [-0.25, -0.2) is 13.1 Å². The van der Waals surface area contributed by atoms with Gasteiger partial charge in [-0.3, -0.25) is 4.79 Å². The van der Waals surface area contributed by atoms with Crippen LogP contribution in [0.3, 0.4) is 0 Å². The predicted molar refractivity (Wildman–Crippen MR) is 62.6 cm³/mol. The molecular formula is C10H19NO4S. The molecule has 0 saturated heterocycles. The van der Waals surface area contributed by atoms with E-state index in [1.165, 1.54) is 0 Å². The third-order valence-corrected chi connectivity index (χ3v) is 3.28. The molecular weight excluding hydrogens is 230 g/mol. The zero-order valence-electron chi connectivity index (χ0n) is 9.86. The van der Waals surface area contributed by atoms with E-state index in [-0.39, 0.29) is 18.1 Å². The second kappa shape index (κ2) is 6.00. The highest BCUT2D eigenvalue weighted by Crippen LogP contribution is 2.07. The van der Waals surface area contributed by atoms with Crippen molar-refractivity contribution in [1.82, 2.24) is 4.72 Å². The van der Waals surface area contributed by atoms with Gasteiger partial charge < -0.3 is 5.11 Å². The van der Waals surface area contributed by atoms with Gasteiger partial charge >= 0.3 is 5.97 Å². The van der Waals surface area contributed by atoms with Crippen molar-refractivity contribution in [2.24, 2.45) is 5.92 Å². The Labute approximate surface area is 96.6 Å². The fourth-order valence-corrected chi connectivity index (χ4v) is 2.62. The summed E-state index contributed by atoms with van der Waals surface area (Å²) in [6, 6.07) is -1.07. The normalized spacial score (nSPS) is 13.8. The first-order chi connectivity index (χ1) is 7.14. The van der Waals surface area contributed by atoms with Crippen molar-refractivity contribution in [2.75, 3.05) is 5.75 Å². The molecule has 0 rings (SSSR count). The molecule has 5 nitrogen and oxygen atoms in total. The van der Waals surface area contributed by atoms with Gasteiger partial charge in [-0.15, -0.1) is 0 Å². The predicted octanol–water partition coefficient (Wildman–Crippen LogP) is 0.981. The maximum absolute atomic E-state index is 11.5. The van der Waals surface area contributed by atoms with Crippen LogP contribution in [0.15, 0.2) is 12.2 Å². The molecule has 16 heavy (non-hydrogen) atoms. The summed E-state index contributed by atoms with van der Waals surface area (Å²) in [7, 11) is -3.60. The Bertz CT molecular complexity index is 359. The van der Waals surface area contributed by atoms with Gasteiger partial charge in [0.2, 0.25) is 10.0 Å². The molecule has 0 aliphatic carbocycles. The molecule has 0 aromatic carbocycles. The number of carboxylic acids is 1. The Morgan fingerprint density at radius 3 is 2.25 bits per heavy atom. The number of sulfonamides is 1. The lowest BCUT2D eigenvalue weighted by atomic mass is 10.1. The molecule has 0 saturated carbocycles. The summed E-state index contributed by atoms with van der Waals surface area (Å²) in [6.07, 6.45) is 0.269. The van der Waals surface area contributed by atoms with E-state index in [1.807, 2.05) is 13.8 Å². The molecule has 1 atom stereocenters. The minimum Gasteiger partial charge on any atom is -0.480 e. The van der Waals surface area contributed by atoms with Crippen molar-refractivity contribution in [3.05, 3.63) is 12.2 Å². The van der Waals surface area contributed by atoms with Crippen molar-refractivity contribution in [2.45, 2.75) is 33.2 Å². The number of rotatable bonds is 7. The number of hydrogen-bond acceptors (Lipinski definition) is 3. The van der Waals surface area contributed by atoms with E-state index in [9.17, 15) is 13.2 Å². The fourth-order valence-electron chi connectivity index (χ4n) is 1.25. The van der Waals surface area contributed by atoms with Crippen molar-refractivity contribution in [3.8, 4) is 0 Å². The van der Waals surface area contributed by atoms with E-state index < -0.39 is 22.0 Å². The highest BCUT2D eigenvalue weighted by atomic mass is 32.2. The minimum absolute atomic E-state index is 0.105. The van der Waals surface area contributed by atoms with Gasteiger partial charge in [0.25, 0.3) is 0 Å². The zero-order chi connectivity index (χ0) is 12.9. The van der Waals surface area contributed by atoms with Gasteiger partial charge in [-0.1, -0.05) is 26.0 Å². The summed E-state index contributed by atoms with van der Waals surface area (Å²) in [6.45, 7) is 8.74. The number of carbonyl (C=O) groups is 1. The van der Waals surface area contributed by atoms with Gasteiger partial charge in [-0.05, 0) is 19.3 Å². The quantitative estimate of drug-likeness (QED) is 0.659. The lowest BCUT2D eigenvalue weighted by molar-refractivity contribution is -0.139. The van der Waals surface area contributed by atoms with Crippen LogP contribution in [0.4, 0.5) is 0 Å². The topological polar surface area (TPSA) is 83.5 Å². The summed E-state index contributed by atoms with van der Waals surface area (Å²) in [5.74, 6) is -1.29. The highest BCUT2D eigenvalue weighted by molar-refractivity contribution is 7.89. The maximum Gasteiger partial charge on any atom is 0.321 e. The average molecular weight is 249 g/mol. The van der Waals surface area contributed by atoms with Crippen molar-refractivity contribution in [3.63, 3.8) is 0 Å². The Kier molecular flexibility index (Phi) is 5.67. The van der Waals surface area contributed by atoms with Gasteiger partial charge in [0.05, 0.1) is 5.75 Å². The fraction of sp³-hybridized carbons (Fsp3) is 0.700. The van der Waals surface area contributed by atoms with Crippen molar-refractivity contribution < 1.29 is 18.3 Å². The van der Waals surface area contributed by atoms with Gasteiger partial charge in [0, 0.05) is 0 Å². The Morgan fingerprint density at radius 1 is 1.44 bits per heavy atom. The minimum atomic E-state index is -3.60. The summed E-state index contributed by atoms with van der Waals surface area (Å²) in [4.78, 5) is 10.8. The molecule has 0 amide bonds. The average Bonchev–Trinajstić information content (AvgIpc) is 1.98. The van der Waals surface area contributed by atoms with Crippen LogP contribution in [0.2, 0.25) is 0 Å². The molecule has 0 aliphatic rings. The molecule has 0 spiro atoms. The lowest BCUT2D eigenvalue weighted by Gasteiger charge is -2.16. The Balaban J connectivity index is 4.63. The van der Waals surface area contributed by atoms with E-state index in [0.717, 1.165) is 0 Å². The van der Waals surface area contributed by atoms with Crippen molar-refractivity contribution >= 4 is 16.0 Å². The molecule has 94 valence electrons. The first-order valence-corrected chi connectivity index (χ1v) is 6.66. The zero-order valence-corrected chi connectivity index (χ0v) is 10.7. The van der Waals surface area contributed by atoms with Crippen LogP contribution in [0, 0.1) is 5.92 Å². The van der Waals surface area contributed by atoms with Crippen LogP contribution in [0.5, 0.6) is 0 Å². The van der Waals surface area contributed by atoms with Crippen LogP contribution in [0.25, 0.3) is 0 Å². The second-order valence-electron chi connectivity index (χ2n) is 4.35. The van der Waals surface area contributed by atoms with E-state index >= 15 is 0 Å². The molecule has 0 aromatic rings. The third-order valence-electron chi connectivity index (χ3n) is 1.76. The van der Waals surface area contributed by atoms with Crippen LogP contribution < -0.4 is 4.72 Å². The lowest BCUT2D eigenvalue weighted by Crippen LogP contribution is -2.42. The third kappa shape index (κ3) is 6.58. The van der Waals surface area contributed by atoms with Crippen molar-refractivity contribution in [1.29, 1.82) is 0 Å².